The van der Waals surface area contributed by atoms with E-state index in [1.807, 2.05) is 36.4 Å². The molecule has 0 unspecified atom stereocenters. The summed E-state index contributed by atoms with van der Waals surface area (Å²) in [6.07, 6.45) is 0. The van der Waals surface area contributed by atoms with Crippen LogP contribution in [-0.2, 0) is 19.5 Å². The van der Waals surface area contributed by atoms with Gasteiger partial charge in [-0.25, -0.2) is 0 Å². The van der Waals surface area contributed by atoms with Gasteiger partial charge in [-0.1, -0.05) is 36.4 Å². The summed E-state index contributed by atoms with van der Waals surface area (Å²) >= 11 is 0. The van der Waals surface area contributed by atoms with Crippen LogP contribution in [0.2, 0.25) is 0 Å². The molecule has 0 N–H and O–H groups in total. The molecule has 0 aliphatic rings. The van der Waals surface area contributed by atoms with E-state index in [-0.39, 0.29) is 19.5 Å². The molecule has 0 amide bonds. The van der Waals surface area contributed by atoms with Gasteiger partial charge < -0.3 is 0 Å². The van der Waals surface area contributed by atoms with Crippen molar-refractivity contribution in [1.82, 2.24) is 0 Å². The quantitative estimate of drug-likeness (QED) is 0.441. The zero-order valence-electron chi connectivity index (χ0n) is 5.07. The molecule has 0 atom stereocenters. The Morgan fingerprint density at radius 1 is 0.556 bits per heavy atom. The van der Waals surface area contributed by atoms with Gasteiger partial charge in [0.05, 0.1) is 0 Å². The van der Waals surface area contributed by atoms with Crippen molar-refractivity contribution in [1.29, 1.82) is 10.8 Å². The van der Waals surface area contributed by atoms with Crippen LogP contribution in [-0.4, -0.2) is 0 Å². The standard InChI is InChI=1S/C6H6.N2.Zn/c1-2-4-6-5-3-1;1-2;/h1-6H;;. The van der Waals surface area contributed by atoms with E-state index in [1.165, 1.54) is 0 Å². The predicted molar refractivity (Wildman–Crippen MR) is 29.9 cm³/mol. The molecule has 0 fully saturated rings. The third kappa shape index (κ3) is 7.26. The molecule has 0 radical (unpaired) electrons. The Labute approximate surface area is 67.1 Å². The molecule has 9 heavy (non-hydrogen) atoms. The molecule has 0 heterocycles. The van der Waals surface area contributed by atoms with Crippen LogP contribution in [0.4, 0.5) is 0 Å². The number of hydrogen-bond donors (Lipinski definition) is 0. The minimum absolute atomic E-state index is 0. The first-order chi connectivity index (χ1) is 4.00. The van der Waals surface area contributed by atoms with Gasteiger partial charge in [-0.05, 0) is 0 Å². The van der Waals surface area contributed by atoms with Crippen molar-refractivity contribution in [2.45, 2.75) is 0 Å². The number of hydrogen-bond acceptors (Lipinski definition) is 2. The minimum atomic E-state index is 0. The van der Waals surface area contributed by atoms with Gasteiger partial charge in [-0.2, -0.15) is 0 Å². The van der Waals surface area contributed by atoms with Crippen LogP contribution in [0.25, 0.3) is 0 Å². The maximum Gasteiger partial charge on any atom is 0 e. The Hall–Kier alpha value is -0.737. The summed E-state index contributed by atoms with van der Waals surface area (Å²) in [7, 11) is 0. The Morgan fingerprint density at radius 3 is 0.778 bits per heavy atom. The minimum Gasteiger partial charge on any atom is -0.0623 e. The predicted octanol–water partition coefficient (Wildman–Crippen LogP) is 1.71. The van der Waals surface area contributed by atoms with Crippen LogP contribution in [0.15, 0.2) is 36.4 Å². The zero-order chi connectivity index (χ0) is 6.24. The van der Waals surface area contributed by atoms with Crippen molar-refractivity contribution in [3.63, 3.8) is 0 Å². The maximum absolute atomic E-state index is 6.00. The molecule has 2 nitrogen and oxygen atoms in total. The van der Waals surface area contributed by atoms with E-state index in [4.69, 9.17) is 10.8 Å². The first-order valence-electron chi connectivity index (χ1n) is 2.20. The van der Waals surface area contributed by atoms with Gasteiger partial charge >= 0.3 is 0 Å². The van der Waals surface area contributed by atoms with Gasteiger partial charge in [0.2, 0.25) is 0 Å². The van der Waals surface area contributed by atoms with Gasteiger partial charge in [-0.15, -0.1) is 0 Å². The van der Waals surface area contributed by atoms with Crippen molar-refractivity contribution in [2.75, 3.05) is 0 Å². The SMILES string of the molecule is N#N.[Zn].c1ccccc1. The molecular formula is C6H6N2Zn. The molecule has 0 aliphatic carbocycles. The maximum atomic E-state index is 6.00. The molecule has 1 aromatic rings. The molecule has 42 valence electrons. The van der Waals surface area contributed by atoms with Crippen LogP contribution < -0.4 is 0 Å². The monoisotopic (exact) mass is 170 g/mol. The molecule has 0 aliphatic heterocycles. The average molecular weight is 172 g/mol. The van der Waals surface area contributed by atoms with Gasteiger partial charge in [-0.3, -0.25) is 0 Å². The fourth-order valence-electron chi connectivity index (χ4n) is 0.385. The van der Waals surface area contributed by atoms with Crippen molar-refractivity contribution in [3.05, 3.63) is 36.4 Å². The Kier molecular flexibility index (Phi) is 12.7. The van der Waals surface area contributed by atoms with E-state index in [9.17, 15) is 0 Å². The number of nitrogens with zero attached hydrogens (tertiary/aromatic N) is 2. The van der Waals surface area contributed by atoms with Crippen LogP contribution >= 0.6 is 0 Å². The Bertz CT molecular complexity index is 112. The molecule has 0 spiro atoms. The summed E-state index contributed by atoms with van der Waals surface area (Å²) in [5.74, 6) is 0. The average Bonchev–Trinajstić information content (AvgIpc) is 1.96. The molecule has 0 bridgehead atoms. The molecule has 0 saturated carbocycles. The Balaban J connectivity index is 0. The third-order valence-corrected chi connectivity index (χ3v) is 0.667. The second-order valence-electron chi connectivity index (χ2n) is 1.15. The van der Waals surface area contributed by atoms with Gasteiger partial charge in [0.15, 0.2) is 0 Å². The van der Waals surface area contributed by atoms with Gasteiger partial charge in [0, 0.05) is 30.3 Å². The molecule has 1 aromatic carbocycles. The largest absolute Gasteiger partial charge is 0.0623 e. The number of rotatable bonds is 0. The topological polar surface area (TPSA) is 47.6 Å². The van der Waals surface area contributed by atoms with Crippen molar-refractivity contribution in [3.8, 4) is 0 Å². The summed E-state index contributed by atoms with van der Waals surface area (Å²) in [5.41, 5.74) is 0. The van der Waals surface area contributed by atoms with Crippen LogP contribution in [0, 0.1) is 10.8 Å². The van der Waals surface area contributed by atoms with Crippen LogP contribution in [0.3, 0.4) is 0 Å². The van der Waals surface area contributed by atoms with Crippen LogP contribution in [0.5, 0.6) is 0 Å². The van der Waals surface area contributed by atoms with E-state index >= 15 is 0 Å². The summed E-state index contributed by atoms with van der Waals surface area (Å²) in [6.45, 7) is 0. The Morgan fingerprint density at radius 2 is 0.667 bits per heavy atom. The van der Waals surface area contributed by atoms with Crippen molar-refractivity contribution in [2.24, 2.45) is 0 Å². The third-order valence-electron chi connectivity index (χ3n) is 0.667. The first kappa shape index (κ1) is 11.1. The van der Waals surface area contributed by atoms with Crippen LogP contribution in [0.1, 0.15) is 0 Å². The fourth-order valence-corrected chi connectivity index (χ4v) is 0.385. The molecule has 0 aromatic heterocycles. The summed E-state index contributed by atoms with van der Waals surface area (Å²) in [5, 5.41) is 12.0. The summed E-state index contributed by atoms with van der Waals surface area (Å²) in [6, 6.07) is 12.0. The van der Waals surface area contributed by atoms with Crippen molar-refractivity contribution < 1.29 is 19.5 Å². The molecule has 1 rings (SSSR count). The number of benzene rings is 1. The first-order valence-corrected chi connectivity index (χ1v) is 2.20. The van der Waals surface area contributed by atoms with E-state index < -0.39 is 0 Å². The smallest absolute Gasteiger partial charge is 0 e. The second-order valence-corrected chi connectivity index (χ2v) is 1.15. The van der Waals surface area contributed by atoms with Gasteiger partial charge in [0.1, 0.15) is 0 Å². The van der Waals surface area contributed by atoms with Crippen molar-refractivity contribution >= 4 is 0 Å². The molecule has 3 heteroatoms. The second kappa shape index (κ2) is 10.3. The van der Waals surface area contributed by atoms with E-state index in [0.29, 0.717) is 0 Å². The van der Waals surface area contributed by atoms with E-state index in [1.54, 1.807) is 0 Å². The summed E-state index contributed by atoms with van der Waals surface area (Å²) in [4.78, 5) is 0. The zero-order valence-corrected chi connectivity index (χ0v) is 8.03. The summed E-state index contributed by atoms with van der Waals surface area (Å²) < 4.78 is 0. The molecular weight excluding hydrogens is 165 g/mol. The normalized spacial score (nSPS) is 5.56. The van der Waals surface area contributed by atoms with E-state index in [0.717, 1.165) is 0 Å². The van der Waals surface area contributed by atoms with Gasteiger partial charge in [0.25, 0.3) is 0 Å². The fraction of sp³-hybridized carbons (Fsp3) is 0. The molecule has 0 saturated heterocycles. The van der Waals surface area contributed by atoms with E-state index in [2.05, 4.69) is 0 Å².